The number of amides is 2. The predicted molar refractivity (Wildman–Crippen MR) is 62.8 cm³/mol. The number of hydrogen-bond donors (Lipinski definition) is 2. The zero-order chi connectivity index (χ0) is 15.0. The van der Waals surface area contributed by atoms with Gasteiger partial charge in [-0.05, 0) is 17.7 Å². The van der Waals surface area contributed by atoms with Crippen LogP contribution >= 0.6 is 0 Å². The number of β-lactam (4-membered cyclic amide) rings is 1. The van der Waals surface area contributed by atoms with Crippen molar-refractivity contribution in [2.45, 2.75) is 18.9 Å². The second-order valence-electron chi connectivity index (χ2n) is 4.47. The molecular formula is C12H10F2N2O5. The molecule has 0 bridgehead atoms. The number of alkyl carbamates (subject to hydrolysis) is 1. The molecule has 0 saturated carbocycles. The van der Waals surface area contributed by atoms with E-state index in [0.29, 0.717) is 12.1 Å². The molecule has 1 aromatic rings. The van der Waals surface area contributed by atoms with Crippen LogP contribution in [0.3, 0.4) is 0 Å². The standard InChI is InChI=1S/C12H10F2N2O5/c13-12(14)20-8-2-1-6(3-9(8)21-12)5-19-11(18)16-7-4-15-10(7)17/h1-3,7H,4-5H2,(H,15,17)(H,16,18)/t7-/m0/s1. The minimum atomic E-state index is -3.68. The summed E-state index contributed by atoms with van der Waals surface area (Å²) < 4.78 is 39.1. The Labute approximate surface area is 117 Å². The first-order valence-corrected chi connectivity index (χ1v) is 6.03. The van der Waals surface area contributed by atoms with Gasteiger partial charge in [-0.1, -0.05) is 6.07 Å². The first-order chi connectivity index (χ1) is 9.93. The van der Waals surface area contributed by atoms with Crippen molar-refractivity contribution in [2.24, 2.45) is 0 Å². The lowest BCUT2D eigenvalue weighted by molar-refractivity contribution is -0.286. The van der Waals surface area contributed by atoms with E-state index in [0.717, 1.165) is 0 Å². The van der Waals surface area contributed by atoms with Crippen molar-refractivity contribution in [1.29, 1.82) is 0 Å². The number of fused-ring (bicyclic) bond motifs is 1. The number of halogens is 2. The number of hydrogen-bond acceptors (Lipinski definition) is 5. The first kappa shape index (κ1) is 13.4. The summed E-state index contributed by atoms with van der Waals surface area (Å²) in [6.07, 6.45) is -4.45. The highest BCUT2D eigenvalue weighted by molar-refractivity contribution is 5.90. The highest BCUT2D eigenvalue weighted by Crippen LogP contribution is 2.41. The molecule has 1 fully saturated rings. The van der Waals surface area contributed by atoms with E-state index in [2.05, 4.69) is 20.1 Å². The van der Waals surface area contributed by atoms with Crippen molar-refractivity contribution in [3.63, 3.8) is 0 Å². The molecule has 2 amide bonds. The van der Waals surface area contributed by atoms with Crippen LogP contribution in [0.2, 0.25) is 0 Å². The molecule has 9 heteroatoms. The Morgan fingerprint density at radius 3 is 2.86 bits per heavy atom. The van der Waals surface area contributed by atoms with Crippen molar-refractivity contribution in [3.05, 3.63) is 23.8 Å². The maximum absolute atomic E-state index is 12.8. The number of alkyl halides is 2. The van der Waals surface area contributed by atoms with Crippen molar-refractivity contribution in [2.75, 3.05) is 6.54 Å². The average Bonchev–Trinajstić information content (AvgIpc) is 2.73. The summed E-state index contributed by atoms with van der Waals surface area (Å²) in [5.74, 6) is -0.489. The Hall–Kier alpha value is -2.58. The van der Waals surface area contributed by atoms with Gasteiger partial charge in [0.15, 0.2) is 11.5 Å². The van der Waals surface area contributed by atoms with E-state index >= 15 is 0 Å². The van der Waals surface area contributed by atoms with Crippen LogP contribution in [0.4, 0.5) is 13.6 Å². The van der Waals surface area contributed by atoms with Gasteiger partial charge in [0, 0.05) is 6.54 Å². The van der Waals surface area contributed by atoms with Crippen LogP contribution in [0.15, 0.2) is 18.2 Å². The van der Waals surface area contributed by atoms with E-state index < -0.39 is 18.4 Å². The summed E-state index contributed by atoms with van der Waals surface area (Å²) >= 11 is 0. The maximum Gasteiger partial charge on any atom is 0.586 e. The second-order valence-corrected chi connectivity index (χ2v) is 4.47. The Bertz CT molecular complexity index is 607. The fourth-order valence-electron chi connectivity index (χ4n) is 1.82. The summed E-state index contributed by atoms with van der Waals surface area (Å²) in [5, 5.41) is 4.82. The van der Waals surface area contributed by atoms with Crippen molar-refractivity contribution < 1.29 is 32.6 Å². The van der Waals surface area contributed by atoms with Crippen molar-refractivity contribution in [3.8, 4) is 11.5 Å². The fraction of sp³-hybridized carbons (Fsp3) is 0.333. The maximum atomic E-state index is 12.8. The molecule has 112 valence electrons. The minimum absolute atomic E-state index is 0.0839. The van der Waals surface area contributed by atoms with Crippen LogP contribution < -0.4 is 20.1 Å². The van der Waals surface area contributed by atoms with Crippen molar-refractivity contribution in [1.82, 2.24) is 10.6 Å². The van der Waals surface area contributed by atoms with Gasteiger partial charge in [-0.25, -0.2) is 4.79 Å². The van der Waals surface area contributed by atoms with Gasteiger partial charge in [-0.2, -0.15) is 0 Å². The third kappa shape index (κ3) is 2.81. The quantitative estimate of drug-likeness (QED) is 0.804. The lowest BCUT2D eigenvalue weighted by Crippen LogP contribution is -2.61. The summed E-state index contributed by atoms with van der Waals surface area (Å²) in [4.78, 5) is 22.4. The molecular weight excluding hydrogens is 290 g/mol. The van der Waals surface area contributed by atoms with Gasteiger partial charge in [0.2, 0.25) is 5.91 Å². The van der Waals surface area contributed by atoms with Crippen LogP contribution in [-0.4, -0.2) is 30.9 Å². The van der Waals surface area contributed by atoms with E-state index in [4.69, 9.17) is 4.74 Å². The van der Waals surface area contributed by atoms with Crippen LogP contribution in [0.5, 0.6) is 11.5 Å². The van der Waals surface area contributed by atoms with E-state index in [1.807, 2.05) is 0 Å². The van der Waals surface area contributed by atoms with Gasteiger partial charge in [-0.3, -0.25) is 4.79 Å². The SMILES string of the molecule is O=C(N[C@H]1CNC1=O)OCc1ccc2c(c1)OC(F)(F)O2. The molecule has 7 nitrogen and oxygen atoms in total. The molecule has 21 heavy (non-hydrogen) atoms. The van der Waals surface area contributed by atoms with Crippen LogP contribution in [0.1, 0.15) is 5.56 Å². The third-order valence-electron chi connectivity index (χ3n) is 2.92. The average molecular weight is 300 g/mol. The molecule has 2 aliphatic rings. The minimum Gasteiger partial charge on any atom is -0.445 e. The summed E-state index contributed by atoms with van der Waals surface area (Å²) in [6.45, 7) is 0.204. The van der Waals surface area contributed by atoms with E-state index in [-0.39, 0.29) is 24.0 Å². The lowest BCUT2D eigenvalue weighted by atomic mass is 10.2. The molecule has 0 radical (unpaired) electrons. The van der Waals surface area contributed by atoms with Gasteiger partial charge >= 0.3 is 12.4 Å². The zero-order valence-electron chi connectivity index (χ0n) is 10.5. The number of nitrogens with one attached hydrogen (secondary N) is 2. The molecule has 0 aromatic heterocycles. The van der Waals surface area contributed by atoms with Crippen LogP contribution in [0, 0.1) is 0 Å². The number of rotatable bonds is 3. The van der Waals surface area contributed by atoms with Gasteiger partial charge in [0.1, 0.15) is 12.6 Å². The van der Waals surface area contributed by atoms with E-state index in [9.17, 15) is 18.4 Å². The molecule has 3 rings (SSSR count). The number of benzene rings is 1. The molecule has 0 aliphatic carbocycles. The zero-order valence-corrected chi connectivity index (χ0v) is 10.5. The molecule has 1 atom stereocenters. The third-order valence-corrected chi connectivity index (χ3v) is 2.92. The summed E-state index contributed by atoms with van der Waals surface area (Å²) in [7, 11) is 0. The summed E-state index contributed by atoms with van der Waals surface area (Å²) in [6, 6.07) is 3.46. The highest BCUT2D eigenvalue weighted by Gasteiger charge is 2.43. The van der Waals surface area contributed by atoms with Gasteiger partial charge in [0.05, 0.1) is 0 Å². The number of carbonyl (C=O) groups excluding carboxylic acids is 2. The Balaban J connectivity index is 1.54. The normalized spacial score (nSPS) is 21.2. The first-order valence-electron chi connectivity index (χ1n) is 6.03. The molecule has 2 aliphatic heterocycles. The van der Waals surface area contributed by atoms with Gasteiger partial charge < -0.3 is 24.8 Å². The topological polar surface area (TPSA) is 85.9 Å². The molecule has 1 aromatic carbocycles. The van der Waals surface area contributed by atoms with Gasteiger partial charge in [0.25, 0.3) is 0 Å². The van der Waals surface area contributed by atoms with E-state index in [1.165, 1.54) is 18.2 Å². The molecule has 1 saturated heterocycles. The molecule has 0 spiro atoms. The predicted octanol–water partition coefficient (Wildman–Crippen LogP) is 0.733. The number of ether oxygens (including phenoxy) is 3. The second kappa shape index (κ2) is 4.76. The smallest absolute Gasteiger partial charge is 0.445 e. The van der Waals surface area contributed by atoms with E-state index in [1.54, 1.807) is 0 Å². The van der Waals surface area contributed by atoms with Gasteiger partial charge in [-0.15, -0.1) is 8.78 Å². The van der Waals surface area contributed by atoms with Crippen LogP contribution in [0.25, 0.3) is 0 Å². The Kier molecular flexibility index (Phi) is 3.04. The molecule has 2 N–H and O–H groups in total. The lowest BCUT2D eigenvalue weighted by Gasteiger charge is -2.26. The fourth-order valence-corrected chi connectivity index (χ4v) is 1.82. The molecule has 2 heterocycles. The van der Waals surface area contributed by atoms with Crippen LogP contribution in [-0.2, 0) is 16.1 Å². The summed E-state index contributed by atoms with van der Waals surface area (Å²) in [5.41, 5.74) is 0.447. The number of carbonyl (C=O) groups is 2. The van der Waals surface area contributed by atoms with Crippen molar-refractivity contribution >= 4 is 12.0 Å². The monoisotopic (exact) mass is 300 g/mol. The Morgan fingerprint density at radius 1 is 1.43 bits per heavy atom. The largest absolute Gasteiger partial charge is 0.586 e. The Morgan fingerprint density at radius 2 is 2.19 bits per heavy atom. The molecule has 0 unspecified atom stereocenters. The highest BCUT2D eigenvalue weighted by atomic mass is 19.3.